The maximum absolute atomic E-state index is 10.7. The van der Waals surface area contributed by atoms with E-state index in [-0.39, 0.29) is 0 Å². The number of aliphatic carboxylic acids is 1. The van der Waals surface area contributed by atoms with E-state index in [0.29, 0.717) is 6.42 Å². The second-order valence-electron chi connectivity index (χ2n) is 4.06. The number of aromatic amines is 1. The number of para-hydroxylation sites is 1. The number of aromatic nitrogens is 1. The monoisotopic (exact) mass is 295 g/mol. The van der Waals surface area contributed by atoms with Crippen molar-refractivity contribution in [2.75, 3.05) is 0 Å². The van der Waals surface area contributed by atoms with Crippen LogP contribution in [0.3, 0.4) is 0 Å². The molecular formula is C13H14BrNO2. The van der Waals surface area contributed by atoms with Gasteiger partial charge in [0.15, 0.2) is 0 Å². The van der Waals surface area contributed by atoms with Crippen LogP contribution in [0.2, 0.25) is 0 Å². The molecule has 3 nitrogen and oxygen atoms in total. The fourth-order valence-electron chi connectivity index (χ4n) is 1.93. The number of alkyl halides is 1. The number of H-pyrrole nitrogens is 1. The Morgan fingerprint density at radius 3 is 2.94 bits per heavy atom. The Balaban J connectivity index is 1.98. The molecule has 0 saturated carbocycles. The molecule has 0 bridgehead atoms. The molecule has 0 aliphatic rings. The molecular weight excluding hydrogens is 282 g/mol. The summed E-state index contributed by atoms with van der Waals surface area (Å²) in [6.45, 7) is 0. The summed E-state index contributed by atoms with van der Waals surface area (Å²) in [7, 11) is 0. The molecule has 90 valence electrons. The molecule has 2 aromatic rings. The van der Waals surface area contributed by atoms with Gasteiger partial charge in [0.2, 0.25) is 0 Å². The molecule has 2 rings (SSSR count). The molecule has 0 aliphatic carbocycles. The molecule has 0 radical (unpaired) electrons. The van der Waals surface area contributed by atoms with Crippen LogP contribution >= 0.6 is 15.9 Å². The van der Waals surface area contributed by atoms with Gasteiger partial charge in [0.25, 0.3) is 0 Å². The van der Waals surface area contributed by atoms with Gasteiger partial charge in [-0.05, 0) is 30.9 Å². The van der Waals surface area contributed by atoms with Crippen molar-refractivity contribution >= 4 is 32.8 Å². The average Bonchev–Trinajstić information content (AvgIpc) is 2.72. The molecule has 0 amide bonds. The minimum absolute atomic E-state index is 0.437. The summed E-state index contributed by atoms with van der Waals surface area (Å²) in [6.07, 6.45) is 4.42. The quantitative estimate of drug-likeness (QED) is 0.831. The lowest BCUT2D eigenvalue weighted by Crippen LogP contribution is -2.12. The Hall–Kier alpha value is -1.29. The number of benzene rings is 1. The maximum atomic E-state index is 10.7. The average molecular weight is 296 g/mol. The van der Waals surface area contributed by atoms with Gasteiger partial charge >= 0.3 is 5.97 Å². The third kappa shape index (κ3) is 2.88. The van der Waals surface area contributed by atoms with Crippen molar-refractivity contribution in [3.05, 3.63) is 36.0 Å². The van der Waals surface area contributed by atoms with Crippen molar-refractivity contribution in [3.8, 4) is 0 Å². The van der Waals surface area contributed by atoms with Gasteiger partial charge < -0.3 is 10.1 Å². The molecule has 1 aromatic heterocycles. The number of aryl methyl sites for hydroxylation is 1. The smallest absolute Gasteiger partial charge is 0.317 e. The highest BCUT2D eigenvalue weighted by molar-refractivity contribution is 9.10. The van der Waals surface area contributed by atoms with Crippen LogP contribution in [-0.2, 0) is 11.2 Å². The van der Waals surface area contributed by atoms with E-state index in [1.54, 1.807) is 0 Å². The lowest BCUT2D eigenvalue weighted by molar-refractivity contribution is -0.136. The van der Waals surface area contributed by atoms with E-state index >= 15 is 0 Å². The first-order chi connectivity index (χ1) is 8.18. The maximum Gasteiger partial charge on any atom is 0.317 e. The second kappa shape index (κ2) is 5.36. The zero-order valence-electron chi connectivity index (χ0n) is 9.32. The van der Waals surface area contributed by atoms with Crippen LogP contribution < -0.4 is 0 Å². The third-order valence-electron chi connectivity index (χ3n) is 2.85. The number of rotatable bonds is 5. The lowest BCUT2D eigenvalue weighted by atomic mass is 10.1. The van der Waals surface area contributed by atoms with Crippen LogP contribution in [0.4, 0.5) is 0 Å². The van der Waals surface area contributed by atoms with Crippen LogP contribution in [0, 0.1) is 0 Å². The van der Waals surface area contributed by atoms with Crippen molar-refractivity contribution < 1.29 is 9.90 Å². The molecule has 0 fully saturated rings. The second-order valence-corrected chi connectivity index (χ2v) is 5.16. The van der Waals surface area contributed by atoms with Crippen LogP contribution in [0.5, 0.6) is 0 Å². The number of hydrogen-bond donors (Lipinski definition) is 2. The van der Waals surface area contributed by atoms with Gasteiger partial charge in [-0.2, -0.15) is 0 Å². The minimum Gasteiger partial charge on any atom is -0.480 e. The van der Waals surface area contributed by atoms with Crippen LogP contribution in [0.1, 0.15) is 18.4 Å². The minimum atomic E-state index is -0.788. The summed E-state index contributed by atoms with van der Waals surface area (Å²) in [5, 5.41) is 9.99. The number of fused-ring (bicyclic) bond motifs is 1. The van der Waals surface area contributed by atoms with Crippen molar-refractivity contribution in [1.29, 1.82) is 0 Å². The molecule has 0 aliphatic heterocycles. The van der Waals surface area contributed by atoms with Gasteiger partial charge in [-0.25, -0.2) is 0 Å². The van der Waals surface area contributed by atoms with Crippen LogP contribution in [0.15, 0.2) is 30.5 Å². The summed E-state index contributed by atoms with van der Waals surface area (Å²) < 4.78 is 0. The van der Waals surface area contributed by atoms with Gasteiger partial charge in [-0.3, -0.25) is 4.79 Å². The normalized spacial score (nSPS) is 12.8. The highest BCUT2D eigenvalue weighted by Crippen LogP contribution is 2.20. The number of carbonyl (C=O) groups is 1. The molecule has 0 spiro atoms. The first-order valence-electron chi connectivity index (χ1n) is 5.60. The molecule has 1 aromatic carbocycles. The standard InChI is InChI=1S/C13H14BrNO2/c14-11(13(16)17)6-3-4-9-8-15-12-7-2-1-5-10(9)12/h1-2,5,7-8,11,15H,3-4,6H2,(H,16,17). The number of hydrogen-bond acceptors (Lipinski definition) is 1. The zero-order chi connectivity index (χ0) is 12.3. The number of halogens is 1. The molecule has 2 N–H and O–H groups in total. The van der Waals surface area contributed by atoms with Gasteiger partial charge in [-0.1, -0.05) is 34.1 Å². The summed E-state index contributed by atoms with van der Waals surface area (Å²) in [4.78, 5) is 13.4. The van der Waals surface area contributed by atoms with E-state index in [9.17, 15) is 4.79 Å². The fourth-order valence-corrected chi connectivity index (χ4v) is 2.26. The fraction of sp³-hybridized carbons (Fsp3) is 0.308. The first kappa shape index (κ1) is 12.2. The van der Waals surface area contributed by atoms with Crippen LogP contribution in [-0.4, -0.2) is 20.9 Å². The summed E-state index contributed by atoms with van der Waals surface area (Å²) in [6, 6.07) is 8.15. The van der Waals surface area contributed by atoms with E-state index in [1.807, 2.05) is 24.4 Å². The number of carboxylic acids is 1. The highest BCUT2D eigenvalue weighted by Gasteiger charge is 2.12. The Kier molecular flexibility index (Phi) is 3.84. The van der Waals surface area contributed by atoms with Gasteiger partial charge in [0.05, 0.1) is 0 Å². The summed E-state index contributed by atoms with van der Waals surface area (Å²) in [5.74, 6) is -0.788. The third-order valence-corrected chi connectivity index (χ3v) is 3.70. The van der Waals surface area contributed by atoms with E-state index in [2.05, 4.69) is 27.0 Å². The SMILES string of the molecule is O=C(O)C(Br)CCCc1c[nH]c2ccccc12. The van der Waals surface area contributed by atoms with Gasteiger partial charge in [0.1, 0.15) is 4.83 Å². The lowest BCUT2D eigenvalue weighted by Gasteiger charge is -2.03. The Morgan fingerprint density at radius 2 is 2.18 bits per heavy atom. The Bertz CT molecular complexity index is 521. The predicted molar refractivity (Wildman–Crippen MR) is 71.6 cm³/mol. The van der Waals surface area contributed by atoms with E-state index in [1.165, 1.54) is 10.9 Å². The predicted octanol–water partition coefficient (Wildman–Crippen LogP) is 3.34. The van der Waals surface area contributed by atoms with Gasteiger partial charge in [-0.15, -0.1) is 0 Å². The first-order valence-corrected chi connectivity index (χ1v) is 6.52. The molecule has 4 heteroatoms. The largest absolute Gasteiger partial charge is 0.480 e. The Morgan fingerprint density at radius 1 is 1.41 bits per heavy atom. The topological polar surface area (TPSA) is 53.1 Å². The van der Waals surface area contributed by atoms with E-state index < -0.39 is 10.8 Å². The molecule has 1 heterocycles. The molecule has 0 saturated heterocycles. The summed E-state index contributed by atoms with van der Waals surface area (Å²) in [5.41, 5.74) is 2.39. The van der Waals surface area contributed by atoms with Crippen molar-refractivity contribution in [2.24, 2.45) is 0 Å². The number of carboxylic acid groups (broad SMARTS) is 1. The van der Waals surface area contributed by atoms with Crippen molar-refractivity contribution in [1.82, 2.24) is 4.98 Å². The molecule has 1 unspecified atom stereocenters. The summed E-state index contributed by atoms with van der Waals surface area (Å²) >= 11 is 3.15. The highest BCUT2D eigenvalue weighted by atomic mass is 79.9. The Labute approximate surface area is 108 Å². The zero-order valence-corrected chi connectivity index (χ0v) is 10.9. The van der Waals surface area contributed by atoms with E-state index in [0.717, 1.165) is 18.4 Å². The van der Waals surface area contributed by atoms with Crippen molar-refractivity contribution in [2.45, 2.75) is 24.1 Å². The van der Waals surface area contributed by atoms with Crippen molar-refractivity contribution in [3.63, 3.8) is 0 Å². The molecule has 1 atom stereocenters. The van der Waals surface area contributed by atoms with Crippen LogP contribution in [0.25, 0.3) is 10.9 Å². The number of nitrogens with one attached hydrogen (secondary N) is 1. The van der Waals surface area contributed by atoms with Gasteiger partial charge in [0, 0.05) is 17.1 Å². The molecule has 17 heavy (non-hydrogen) atoms. The van der Waals surface area contributed by atoms with E-state index in [4.69, 9.17) is 5.11 Å².